The number of aromatic nitrogens is 2. The summed E-state index contributed by atoms with van der Waals surface area (Å²) in [5, 5.41) is 9.19. The standard InChI is InChI=1S/C15H13Br2N3/c1-20-15-5-3-2-4-11(15)14(19-20)9-18-13-7-6-10(16)8-12(13)17/h2-8,18H,9H2,1H3. The molecule has 2 aromatic carbocycles. The van der Waals surface area contributed by atoms with Gasteiger partial charge in [-0.05, 0) is 40.2 Å². The number of hydrogen-bond acceptors (Lipinski definition) is 2. The molecule has 1 N–H and O–H groups in total. The van der Waals surface area contributed by atoms with E-state index in [2.05, 4.69) is 54.4 Å². The molecule has 0 atom stereocenters. The van der Waals surface area contributed by atoms with Gasteiger partial charge in [0, 0.05) is 27.1 Å². The Morgan fingerprint density at radius 2 is 1.95 bits per heavy atom. The minimum Gasteiger partial charge on any atom is -0.378 e. The fraction of sp³-hybridized carbons (Fsp3) is 0.133. The van der Waals surface area contributed by atoms with Crippen LogP contribution < -0.4 is 5.32 Å². The van der Waals surface area contributed by atoms with Gasteiger partial charge in [0.05, 0.1) is 17.8 Å². The van der Waals surface area contributed by atoms with Crippen LogP contribution in [0.25, 0.3) is 10.9 Å². The van der Waals surface area contributed by atoms with Crippen LogP contribution in [0.3, 0.4) is 0 Å². The zero-order chi connectivity index (χ0) is 14.1. The first-order chi connectivity index (χ1) is 9.65. The van der Waals surface area contributed by atoms with Crippen molar-refractivity contribution in [3.8, 4) is 0 Å². The van der Waals surface area contributed by atoms with Crippen molar-refractivity contribution in [2.75, 3.05) is 5.32 Å². The van der Waals surface area contributed by atoms with E-state index in [1.165, 1.54) is 5.39 Å². The van der Waals surface area contributed by atoms with Gasteiger partial charge < -0.3 is 5.32 Å². The predicted octanol–water partition coefficient (Wildman–Crippen LogP) is 4.71. The van der Waals surface area contributed by atoms with E-state index in [4.69, 9.17) is 0 Å². The lowest BCUT2D eigenvalue weighted by molar-refractivity contribution is 0.771. The molecule has 0 unspecified atom stereocenters. The Morgan fingerprint density at radius 3 is 2.75 bits per heavy atom. The molecule has 0 bridgehead atoms. The molecular weight excluding hydrogens is 382 g/mol. The lowest BCUT2D eigenvalue weighted by Crippen LogP contribution is -2.02. The zero-order valence-corrected chi connectivity index (χ0v) is 14.1. The fourth-order valence-electron chi connectivity index (χ4n) is 2.23. The van der Waals surface area contributed by atoms with Crippen LogP contribution in [-0.2, 0) is 13.6 Å². The maximum Gasteiger partial charge on any atom is 0.0894 e. The second-order valence-corrected chi connectivity index (χ2v) is 6.34. The van der Waals surface area contributed by atoms with E-state index in [0.717, 1.165) is 25.8 Å². The summed E-state index contributed by atoms with van der Waals surface area (Å²) in [5.74, 6) is 0. The molecule has 0 aliphatic heterocycles. The van der Waals surface area contributed by atoms with Crippen LogP contribution in [0.2, 0.25) is 0 Å². The van der Waals surface area contributed by atoms with Crippen molar-refractivity contribution < 1.29 is 0 Å². The number of anilines is 1. The van der Waals surface area contributed by atoms with Gasteiger partial charge in [0.1, 0.15) is 0 Å². The third-order valence-electron chi connectivity index (χ3n) is 3.21. The summed E-state index contributed by atoms with van der Waals surface area (Å²) in [7, 11) is 1.97. The van der Waals surface area contributed by atoms with E-state index in [9.17, 15) is 0 Å². The topological polar surface area (TPSA) is 29.9 Å². The second kappa shape index (κ2) is 5.58. The molecule has 0 spiro atoms. The van der Waals surface area contributed by atoms with E-state index in [0.29, 0.717) is 6.54 Å². The monoisotopic (exact) mass is 393 g/mol. The van der Waals surface area contributed by atoms with Gasteiger partial charge >= 0.3 is 0 Å². The van der Waals surface area contributed by atoms with Gasteiger partial charge in [0.25, 0.3) is 0 Å². The quantitative estimate of drug-likeness (QED) is 0.697. The molecule has 20 heavy (non-hydrogen) atoms. The minimum absolute atomic E-state index is 0.696. The summed E-state index contributed by atoms with van der Waals surface area (Å²) in [4.78, 5) is 0. The molecule has 0 saturated heterocycles. The lowest BCUT2D eigenvalue weighted by Gasteiger charge is -2.07. The summed E-state index contributed by atoms with van der Waals surface area (Å²) in [5.41, 5.74) is 3.26. The zero-order valence-electron chi connectivity index (χ0n) is 10.9. The van der Waals surface area contributed by atoms with E-state index in [-0.39, 0.29) is 0 Å². The molecule has 1 aromatic heterocycles. The van der Waals surface area contributed by atoms with Gasteiger partial charge in [-0.15, -0.1) is 0 Å². The Labute approximate surface area is 134 Å². The van der Waals surface area contributed by atoms with Gasteiger partial charge in [0.2, 0.25) is 0 Å². The second-order valence-electron chi connectivity index (χ2n) is 4.57. The van der Waals surface area contributed by atoms with Gasteiger partial charge in [-0.25, -0.2) is 0 Å². The molecule has 1 heterocycles. The van der Waals surface area contributed by atoms with Crippen molar-refractivity contribution in [2.24, 2.45) is 7.05 Å². The lowest BCUT2D eigenvalue weighted by atomic mass is 10.2. The number of fused-ring (bicyclic) bond motifs is 1. The van der Waals surface area contributed by atoms with Crippen molar-refractivity contribution in [3.63, 3.8) is 0 Å². The molecule has 0 aliphatic rings. The van der Waals surface area contributed by atoms with Gasteiger partial charge in [-0.2, -0.15) is 5.10 Å². The van der Waals surface area contributed by atoms with Crippen molar-refractivity contribution in [1.29, 1.82) is 0 Å². The van der Waals surface area contributed by atoms with Gasteiger partial charge in [-0.3, -0.25) is 4.68 Å². The number of halogens is 2. The van der Waals surface area contributed by atoms with Crippen LogP contribution in [0.1, 0.15) is 5.69 Å². The summed E-state index contributed by atoms with van der Waals surface area (Å²) in [6, 6.07) is 14.4. The van der Waals surface area contributed by atoms with E-state index < -0.39 is 0 Å². The summed E-state index contributed by atoms with van der Waals surface area (Å²) in [6.07, 6.45) is 0. The highest BCUT2D eigenvalue weighted by Crippen LogP contribution is 2.27. The smallest absolute Gasteiger partial charge is 0.0894 e. The average Bonchev–Trinajstić information content (AvgIpc) is 2.75. The molecule has 3 rings (SSSR count). The minimum atomic E-state index is 0.696. The Balaban J connectivity index is 1.87. The first-order valence-electron chi connectivity index (χ1n) is 6.24. The Hall–Kier alpha value is -1.33. The molecule has 5 heteroatoms. The third kappa shape index (κ3) is 2.60. The summed E-state index contributed by atoms with van der Waals surface area (Å²) < 4.78 is 4.01. The molecule has 102 valence electrons. The highest BCUT2D eigenvalue weighted by Gasteiger charge is 2.08. The van der Waals surface area contributed by atoms with Crippen molar-refractivity contribution >= 4 is 48.5 Å². The van der Waals surface area contributed by atoms with E-state index in [1.807, 2.05) is 42.1 Å². The highest BCUT2D eigenvalue weighted by molar-refractivity contribution is 9.11. The summed E-state index contributed by atoms with van der Waals surface area (Å²) in [6.45, 7) is 0.696. The predicted molar refractivity (Wildman–Crippen MR) is 89.9 cm³/mol. The highest BCUT2D eigenvalue weighted by atomic mass is 79.9. The van der Waals surface area contributed by atoms with Crippen LogP contribution in [-0.4, -0.2) is 9.78 Å². The number of hydrogen-bond donors (Lipinski definition) is 1. The van der Waals surface area contributed by atoms with Crippen LogP contribution in [0.15, 0.2) is 51.4 Å². The Morgan fingerprint density at radius 1 is 1.15 bits per heavy atom. The van der Waals surface area contributed by atoms with E-state index in [1.54, 1.807) is 0 Å². The Kier molecular flexibility index (Phi) is 3.81. The van der Waals surface area contributed by atoms with E-state index >= 15 is 0 Å². The number of benzene rings is 2. The van der Waals surface area contributed by atoms with Crippen LogP contribution >= 0.6 is 31.9 Å². The first kappa shape index (κ1) is 13.6. The third-order valence-corrected chi connectivity index (χ3v) is 4.36. The van der Waals surface area contributed by atoms with Crippen LogP contribution in [0, 0.1) is 0 Å². The number of rotatable bonds is 3. The normalized spacial score (nSPS) is 10.9. The molecule has 0 radical (unpaired) electrons. The van der Waals surface area contributed by atoms with Crippen molar-refractivity contribution in [3.05, 3.63) is 57.1 Å². The number of nitrogens with zero attached hydrogens (tertiary/aromatic N) is 2. The van der Waals surface area contributed by atoms with Crippen molar-refractivity contribution in [2.45, 2.75) is 6.54 Å². The van der Waals surface area contributed by atoms with Crippen LogP contribution in [0.5, 0.6) is 0 Å². The molecule has 0 saturated carbocycles. The number of nitrogens with one attached hydrogen (secondary N) is 1. The maximum atomic E-state index is 4.58. The van der Waals surface area contributed by atoms with Crippen molar-refractivity contribution in [1.82, 2.24) is 9.78 Å². The molecule has 3 nitrogen and oxygen atoms in total. The fourth-order valence-corrected chi connectivity index (χ4v) is 3.42. The van der Waals surface area contributed by atoms with Crippen LogP contribution in [0.4, 0.5) is 5.69 Å². The Bertz CT molecular complexity index is 765. The largest absolute Gasteiger partial charge is 0.378 e. The molecule has 3 aromatic rings. The molecule has 0 fully saturated rings. The number of para-hydroxylation sites is 1. The van der Waals surface area contributed by atoms with Gasteiger partial charge in [-0.1, -0.05) is 34.1 Å². The molecule has 0 aliphatic carbocycles. The molecule has 0 amide bonds. The first-order valence-corrected chi connectivity index (χ1v) is 7.83. The summed E-state index contributed by atoms with van der Waals surface area (Å²) >= 11 is 7.01. The van der Waals surface area contributed by atoms with Gasteiger partial charge in [0.15, 0.2) is 0 Å². The molecular formula is C15H13Br2N3. The maximum absolute atomic E-state index is 4.58. The SMILES string of the molecule is Cn1nc(CNc2ccc(Br)cc2Br)c2ccccc21. The average molecular weight is 395 g/mol. The number of aryl methyl sites for hydroxylation is 1.